The molecule has 0 N–H and O–H groups in total. The molecule has 0 aromatic carbocycles. The molecule has 0 radical (unpaired) electrons. The maximum absolute atomic E-state index is 10.5. The number of hydrogen-bond acceptors (Lipinski definition) is 1. The second-order valence-corrected chi connectivity index (χ2v) is 2.81. The first-order valence-corrected chi connectivity index (χ1v) is 2.45. The average Bonchev–Trinajstić information content (AvgIpc) is 1.31. The quantitative estimate of drug-likeness (QED) is 0.458. The lowest BCUT2D eigenvalue weighted by atomic mass is 9.92. The molecule has 0 saturated carbocycles. The van der Waals surface area contributed by atoms with Gasteiger partial charge in [0.25, 0.3) is 0 Å². The topological polar surface area (TPSA) is 17.1 Å². The number of rotatable bonds is 0. The highest BCUT2D eigenvalue weighted by atomic mass is 16.1. The van der Waals surface area contributed by atoms with Crippen molar-refractivity contribution >= 4 is 5.78 Å². The molecule has 0 aliphatic heterocycles. The van der Waals surface area contributed by atoms with Crippen LogP contribution in [-0.4, -0.2) is 5.78 Å². The Labute approximate surface area is 46.2 Å². The second kappa shape index (κ2) is 1.65. The zero-order valence-electron chi connectivity index (χ0n) is 5.41. The fraction of sp³-hybridized carbons (Fsp3) is 0.833. The molecular weight excluding hydrogens is 88.1 g/mol. The van der Waals surface area contributed by atoms with Crippen molar-refractivity contribution in [3.05, 3.63) is 0 Å². The molecule has 1 heteroatoms. The Morgan fingerprint density at radius 3 is 1.57 bits per heavy atom. The third-order valence-electron chi connectivity index (χ3n) is 1.06. The molecule has 0 saturated heterocycles. The highest BCUT2D eigenvalue weighted by Crippen LogP contribution is 2.12. The predicted octanol–water partition coefficient (Wildman–Crippen LogP) is 1.87. The van der Waals surface area contributed by atoms with Crippen LogP contribution < -0.4 is 0 Å². The first-order chi connectivity index (χ1) is 2.94. The van der Waals surface area contributed by atoms with E-state index in [4.69, 9.17) is 0 Å². The van der Waals surface area contributed by atoms with Crippen LogP contribution in [-0.2, 0) is 4.79 Å². The highest BCUT2D eigenvalue weighted by Gasteiger charge is 2.14. The molecule has 0 aliphatic carbocycles. The Morgan fingerprint density at radius 1 is 1.43 bits per heavy atom. The van der Waals surface area contributed by atoms with E-state index in [1.165, 1.54) is 0 Å². The van der Waals surface area contributed by atoms with Gasteiger partial charge in [-0.05, 0) is 6.92 Å². The van der Waals surface area contributed by atoms with E-state index in [1.807, 2.05) is 20.8 Å². The van der Waals surface area contributed by atoms with Crippen molar-refractivity contribution < 1.29 is 6.22 Å². The molecule has 0 fully saturated rings. The molecule has 0 amide bonds. The van der Waals surface area contributed by atoms with E-state index in [9.17, 15) is 4.79 Å². The Hall–Kier alpha value is -0.330. The van der Waals surface area contributed by atoms with Crippen LogP contribution >= 0.6 is 0 Å². The lowest BCUT2D eigenvalue weighted by Crippen LogP contribution is -2.15. The van der Waals surface area contributed by atoms with E-state index >= 15 is 0 Å². The maximum Gasteiger partial charge on any atom is 0.135 e. The van der Waals surface area contributed by atoms with Crippen LogP contribution in [0.25, 0.3) is 0 Å². The first-order valence-electron chi connectivity index (χ1n) is 2.45. The van der Waals surface area contributed by atoms with E-state index < -0.39 is 0 Å². The number of carbonyl (C=O) groups excluding carboxylic acids is 1. The SMILES string of the molecule is CC(=O)C(C)(C)C.[3HH]. The summed E-state index contributed by atoms with van der Waals surface area (Å²) in [4.78, 5) is 10.5. The van der Waals surface area contributed by atoms with Gasteiger partial charge in [0.1, 0.15) is 5.78 Å². The van der Waals surface area contributed by atoms with E-state index in [0.29, 0.717) is 0 Å². The number of carbonyl (C=O) groups is 1. The summed E-state index contributed by atoms with van der Waals surface area (Å²) >= 11 is 0. The fourth-order valence-corrected chi connectivity index (χ4v) is 0. The summed E-state index contributed by atoms with van der Waals surface area (Å²) in [6.45, 7) is 7.35. The smallest absolute Gasteiger partial charge is 0.135 e. The van der Waals surface area contributed by atoms with Gasteiger partial charge < -0.3 is 0 Å². The summed E-state index contributed by atoms with van der Waals surface area (Å²) in [5, 5.41) is 0. The van der Waals surface area contributed by atoms with Crippen LogP contribution in [0.3, 0.4) is 0 Å². The standard InChI is InChI=1S/C6H12O.H2/c1-5(7)6(2,3)4;/h1-4H3;1H/i;1+2. The fourth-order valence-electron chi connectivity index (χ4n) is 0. The van der Waals surface area contributed by atoms with Gasteiger partial charge in [0, 0.05) is 6.84 Å². The minimum absolute atomic E-state index is 0. The maximum atomic E-state index is 10.5. The van der Waals surface area contributed by atoms with Crippen molar-refractivity contribution in [2.24, 2.45) is 5.41 Å². The highest BCUT2D eigenvalue weighted by molar-refractivity contribution is 5.80. The third-order valence-corrected chi connectivity index (χ3v) is 1.06. The molecule has 0 aromatic heterocycles. The van der Waals surface area contributed by atoms with Crippen LogP contribution in [0.4, 0.5) is 0 Å². The van der Waals surface area contributed by atoms with Crippen molar-refractivity contribution in [2.75, 3.05) is 0 Å². The largest absolute Gasteiger partial charge is 0.299 e. The van der Waals surface area contributed by atoms with Gasteiger partial charge in [-0.3, -0.25) is 4.79 Å². The van der Waals surface area contributed by atoms with Gasteiger partial charge in [-0.2, -0.15) is 0 Å². The van der Waals surface area contributed by atoms with Gasteiger partial charge in [0.05, 0.1) is 0 Å². The molecule has 7 heavy (non-hydrogen) atoms. The zero-order chi connectivity index (χ0) is 6.08. The van der Waals surface area contributed by atoms with Crippen molar-refractivity contribution in [1.29, 1.82) is 0 Å². The van der Waals surface area contributed by atoms with Gasteiger partial charge in [-0.25, -0.2) is 0 Å². The predicted molar refractivity (Wildman–Crippen MR) is 32.2 cm³/mol. The molecule has 0 atom stereocenters. The summed E-state index contributed by atoms with van der Waals surface area (Å²) in [7, 11) is 0. The Balaban J connectivity index is 0. The number of hydrogen-bond donors (Lipinski definition) is 0. The third kappa shape index (κ3) is 2.38. The Morgan fingerprint density at radius 2 is 1.57 bits per heavy atom. The van der Waals surface area contributed by atoms with Crippen LogP contribution in [0.1, 0.15) is 29.1 Å². The molecule has 0 spiro atoms. The van der Waals surface area contributed by atoms with Gasteiger partial charge in [0.15, 0.2) is 0 Å². The van der Waals surface area contributed by atoms with Gasteiger partial charge in [0.2, 0.25) is 0 Å². The molecular formula is C6H14O. The molecule has 44 valence electrons. The van der Waals surface area contributed by atoms with E-state index in [2.05, 4.69) is 0 Å². The molecule has 0 rings (SSSR count). The molecule has 0 unspecified atom stereocenters. The molecule has 0 aliphatic rings. The van der Waals surface area contributed by atoms with Crippen molar-refractivity contribution in [2.45, 2.75) is 27.7 Å². The lowest BCUT2D eigenvalue weighted by molar-refractivity contribution is -0.124. The molecule has 0 heterocycles. The Kier molecular flexibility index (Phi) is 1.57. The average molecular weight is 104 g/mol. The normalized spacial score (nSPS) is 11.4. The Bertz CT molecular complexity index is 81.0. The minimum Gasteiger partial charge on any atom is -0.299 e. The molecule has 0 bridgehead atoms. The summed E-state index contributed by atoms with van der Waals surface area (Å²) in [5.74, 6) is 0.243. The van der Waals surface area contributed by atoms with E-state index in [0.717, 1.165) is 0 Å². The summed E-state index contributed by atoms with van der Waals surface area (Å²) < 4.78 is 0. The van der Waals surface area contributed by atoms with Crippen molar-refractivity contribution in [3.63, 3.8) is 0 Å². The van der Waals surface area contributed by atoms with Crippen LogP contribution in [0, 0.1) is 5.41 Å². The zero-order valence-corrected chi connectivity index (χ0v) is 5.41. The van der Waals surface area contributed by atoms with Gasteiger partial charge in [-0.1, -0.05) is 20.8 Å². The minimum atomic E-state index is -0.139. The van der Waals surface area contributed by atoms with Crippen LogP contribution in [0.2, 0.25) is 0 Å². The first kappa shape index (κ1) is 6.67. The van der Waals surface area contributed by atoms with E-state index in [-0.39, 0.29) is 12.6 Å². The van der Waals surface area contributed by atoms with Crippen LogP contribution in [0.5, 0.6) is 0 Å². The molecule has 1 nitrogen and oxygen atoms in total. The van der Waals surface area contributed by atoms with Crippen LogP contribution in [0.15, 0.2) is 0 Å². The summed E-state index contributed by atoms with van der Waals surface area (Å²) in [6.07, 6.45) is 0. The van der Waals surface area contributed by atoms with E-state index in [1.54, 1.807) is 6.92 Å². The second-order valence-electron chi connectivity index (χ2n) is 2.81. The number of ketones is 1. The lowest BCUT2D eigenvalue weighted by Gasteiger charge is -2.11. The van der Waals surface area contributed by atoms with Gasteiger partial charge in [-0.15, -0.1) is 0 Å². The monoisotopic (exact) mass is 104 g/mol. The molecule has 0 aromatic rings. The summed E-state index contributed by atoms with van der Waals surface area (Å²) in [5.41, 5.74) is -0.139. The van der Waals surface area contributed by atoms with Crippen molar-refractivity contribution in [3.8, 4) is 0 Å². The summed E-state index contributed by atoms with van der Waals surface area (Å²) in [6, 6.07) is 0. The van der Waals surface area contributed by atoms with Gasteiger partial charge >= 0.3 is 0 Å². The van der Waals surface area contributed by atoms with Crippen molar-refractivity contribution in [1.82, 2.24) is 0 Å². The number of Topliss-reactive ketones (excluding diaryl/α,β-unsaturated/α-hetero) is 1.